The Balaban J connectivity index is 1.71. The lowest BCUT2D eigenvalue weighted by Gasteiger charge is -2.21. The minimum Gasteiger partial charge on any atom is -0.462 e. The van der Waals surface area contributed by atoms with Crippen LogP contribution in [-0.2, 0) is 9.53 Å². The maximum absolute atomic E-state index is 13.4. The molecule has 0 N–H and O–H groups in total. The molecule has 4 nitrogen and oxygen atoms in total. The Hall–Kier alpha value is -3.92. The highest BCUT2D eigenvalue weighted by Crippen LogP contribution is 2.35. The third-order valence-electron chi connectivity index (χ3n) is 5.09. The van der Waals surface area contributed by atoms with Gasteiger partial charge in [-0.15, -0.1) is 0 Å². The molecule has 0 radical (unpaired) electrons. The second-order valence-electron chi connectivity index (χ2n) is 7.31. The molecule has 0 aromatic heterocycles. The van der Waals surface area contributed by atoms with E-state index in [4.69, 9.17) is 4.74 Å². The quantitative estimate of drug-likeness (QED) is 0.404. The van der Waals surface area contributed by atoms with E-state index in [0.29, 0.717) is 17.7 Å². The molecule has 3 aromatic rings. The van der Waals surface area contributed by atoms with Gasteiger partial charge >= 0.3 is 5.97 Å². The number of anilines is 1. The highest BCUT2D eigenvalue weighted by atomic mass is 16.5. The summed E-state index contributed by atoms with van der Waals surface area (Å²) in [6.07, 6.45) is 3.76. The molecule has 1 aliphatic rings. The van der Waals surface area contributed by atoms with Crippen molar-refractivity contribution >= 4 is 29.3 Å². The molecule has 0 unspecified atom stereocenters. The zero-order valence-electron chi connectivity index (χ0n) is 17.5. The molecule has 0 fully saturated rings. The summed E-state index contributed by atoms with van der Waals surface area (Å²) in [7, 11) is 0. The van der Waals surface area contributed by atoms with E-state index in [0.717, 1.165) is 28.1 Å². The molecule has 0 saturated heterocycles. The summed E-state index contributed by atoms with van der Waals surface area (Å²) in [5.74, 6) is -0.437. The van der Waals surface area contributed by atoms with Crippen LogP contribution in [0.3, 0.4) is 0 Å². The lowest BCUT2D eigenvalue weighted by Crippen LogP contribution is -2.24. The van der Waals surface area contributed by atoms with E-state index >= 15 is 0 Å². The summed E-state index contributed by atoms with van der Waals surface area (Å²) in [4.78, 5) is 27.0. The normalized spacial score (nSPS) is 14.6. The van der Waals surface area contributed by atoms with Crippen molar-refractivity contribution in [3.63, 3.8) is 0 Å². The van der Waals surface area contributed by atoms with Crippen molar-refractivity contribution in [3.8, 4) is 0 Å². The smallest absolute Gasteiger partial charge is 0.338 e. The molecule has 31 heavy (non-hydrogen) atoms. The fraction of sp³-hybridized carbons (Fsp3) is 0.111. The van der Waals surface area contributed by atoms with Gasteiger partial charge in [0, 0.05) is 11.3 Å². The van der Waals surface area contributed by atoms with Crippen LogP contribution in [0.15, 0.2) is 90.5 Å². The molecule has 4 heteroatoms. The number of amides is 1. The van der Waals surface area contributed by atoms with Gasteiger partial charge in [-0.1, -0.05) is 60.2 Å². The average Bonchev–Trinajstić information content (AvgIpc) is 3.11. The largest absolute Gasteiger partial charge is 0.462 e. The molecule has 0 spiro atoms. The lowest BCUT2D eigenvalue weighted by atomic mass is 10.1. The van der Waals surface area contributed by atoms with Crippen LogP contribution < -0.4 is 4.90 Å². The summed E-state index contributed by atoms with van der Waals surface area (Å²) in [5.41, 5.74) is 5.68. The van der Waals surface area contributed by atoms with E-state index in [9.17, 15) is 9.59 Å². The van der Waals surface area contributed by atoms with Crippen molar-refractivity contribution in [2.75, 3.05) is 11.5 Å². The summed E-state index contributed by atoms with van der Waals surface area (Å²) < 4.78 is 5.03. The predicted molar refractivity (Wildman–Crippen MR) is 123 cm³/mol. The van der Waals surface area contributed by atoms with Crippen molar-refractivity contribution in [2.24, 2.45) is 0 Å². The van der Waals surface area contributed by atoms with Gasteiger partial charge in [0.05, 0.1) is 17.9 Å². The van der Waals surface area contributed by atoms with E-state index < -0.39 is 0 Å². The molecule has 1 heterocycles. The Bertz CT molecular complexity index is 1160. The van der Waals surface area contributed by atoms with Crippen LogP contribution in [-0.4, -0.2) is 18.5 Å². The van der Waals surface area contributed by atoms with Gasteiger partial charge < -0.3 is 4.74 Å². The van der Waals surface area contributed by atoms with Gasteiger partial charge in [0.25, 0.3) is 5.91 Å². The van der Waals surface area contributed by atoms with Crippen LogP contribution in [0.25, 0.3) is 11.8 Å². The van der Waals surface area contributed by atoms with Gasteiger partial charge in [0.1, 0.15) is 0 Å². The van der Waals surface area contributed by atoms with Gasteiger partial charge in [-0.3, -0.25) is 9.69 Å². The zero-order chi connectivity index (χ0) is 21.8. The van der Waals surface area contributed by atoms with Gasteiger partial charge in [0.2, 0.25) is 0 Å². The highest BCUT2D eigenvalue weighted by molar-refractivity contribution is 6.23. The van der Waals surface area contributed by atoms with Crippen LogP contribution in [0.5, 0.6) is 0 Å². The summed E-state index contributed by atoms with van der Waals surface area (Å²) in [6, 6.07) is 24.9. The molecule has 1 aliphatic heterocycles. The molecule has 1 amide bonds. The van der Waals surface area contributed by atoms with Crippen molar-refractivity contribution in [3.05, 3.63) is 113 Å². The minimum absolute atomic E-state index is 0.0859. The van der Waals surface area contributed by atoms with E-state index in [-0.39, 0.29) is 11.9 Å². The van der Waals surface area contributed by atoms with Crippen LogP contribution in [0.2, 0.25) is 0 Å². The third-order valence-corrected chi connectivity index (χ3v) is 5.09. The van der Waals surface area contributed by atoms with Gasteiger partial charge in [-0.25, -0.2) is 4.79 Å². The Morgan fingerprint density at radius 2 is 1.61 bits per heavy atom. The summed E-state index contributed by atoms with van der Waals surface area (Å²) in [6.45, 7) is 4.13. The molecular weight excluding hydrogens is 386 g/mol. The monoisotopic (exact) mass is 409 g/mol. The zero-order valence-corrected chi connectivity index (χ0v) is 17.5. The minimum atomic E-state index is -0.351. The van der Waals surface area contributed by atoms with Crippen LogP contribution in [0, 0.1) is 6.92 Å². The maximum atomic E-state index is 13.4. The number of ether oxygens (including phenoxy) is 1. The molecule has 0 atom stereocenters. The van der Waals surface area contributed by atoms with Crippen molar-refractivity contribution in [2.45, 2.75) is 13.8 Å². The number of hydrogen-bond donors (Lipinski definition) is 0. The number of hydrogen-bond acceptors (Lipinski definition) is 3. The van der Waals surface area contributed by atoms with Crippen molar-refractivity contribution in [1.29, 1.82) is 0 Å². The fourth-order valence-electron chi connectivity index (χ4n) is 3.50. The molecule has 154 valence electrons. The Labute approximate surface area is 182 Å². The predicted octanol–water partition coefficient (Wildman–Crippen LogP) is 5.64. The number of benzene rings is 3. The van der Waals surface area contributed by atoms with E-state index in [2.05, 4.69) is 0 Å². The molecular formula is C27H23NO3. The topological polar surface area (TPSA) is 46.6 Å². The average molecular weight is 409 g/mol. The van der Waals surface area contributed by atoms with Gasteiger partial charge in [-0.05, 0) is 61.4 Å². The number of carbonyl (C=O) groups excluding carboxylic acids is 2. The second kappa shape index (κ2) is 8.84. The summed E-state index contributed by atoms with van der Waals surface area (Å²) >= 11 is 0. The Morgan fingerprint density at radius 1 is 0.935 bits per heavy atom. The molecule has 0 bridgehead atoms. The Morgan fingerprint density at radius 3 is 2.26 bits per heavy atom. The summed E-state index contributed by atoms with van der Waals surface area (Å²) in [5, 5.41) is 0. The number of carbonyl (C=O) groups is 2. The standard InChI is InChI=1S/C27H23NO3/c1-3-31-27(30)22-13-11-20(12-14-22)17-23-18-25(21-7-5-4-6-8-21)28(26(23)29)24-15-9-19(2)10-16-24/h4-18H,3H2,1-2H3/b23-17+. The van der Waals surface area contributed by atoms with E-state index in [1.54, 1.807) is 24.0 Å². The first-order valence-corrected chi connectivity index (χ1v) is 10.2. The van der Waals surface area contributed by atoms with Gasteiger partial charge in [0.15, 0.2) is 0 Å². The molecule has 0 aliphatic carbocycles. The van der Waals surface area contributed by atoms with Crippen molar-refractivity contribution in [1.82, 2.24) is 0 Å². The number of rotatable bonds is 5. The van der Waals surface area contributed by atoms with Gasteiger partial charge in [-0.2, -0.15) is 0 Å². The van der Waals surface area contributed by atoms with Crippen LogP contribution in [0.1, 0.15) is 34.0 Å². The Kier molecular flexibility index (Phi) is 5.80. The maximum Gasteiger partial charge on any atom is 0.338 e. The first kappa shape index (κ1) is 20.4. The lowest BCUT2D eigenvalue weighted by molar-refractivity contribution is -0.113. The van der Waals surface area contributed by atoms with Crippen LogP contribution in [0.4, 0.5) is 5.69 Å². The first-order valence-electron chi connectivity index (χ1n) is 10.2. The number of esters is 1. The first-order chi connectivity index (χ1) is 15.1. The second-order valence-corrected chi connectivity index (χ2v) is 7.31. The highest BCUT2D eigenvalue weighted by Gasteiger charge is 2.30. The third kappa shape index (κ3) is 4.33. The van der Waals surface area contributed by atoms with E-state index in [1.165, 1.54) is 0 Å². The number of nitrogens with zero attached hydrogens (tertiary/aromatic N) is 1. The number of aryl methyl sites for hydroxylation is 1. The van der Waals surface area contributed by atoms with E-state index in [1.807, 2.05) is 85.8 Å². The molecule has 0 saturated carbocycles. The van der Waals surface area contributed by atoms with Crippen molar-refractivity contribution < 1.29 is 14.3 Å². The SMILES string of the molecule is CCOC(=O)c1ccc(/C=C2\C=C(c3ccccc3)N(c3ccc(C)cc3)C2=O)cc1. The molecule has 4 rings (SSSR count). The fourth-order valence-corrected chi connectivity index (χ4v) is 3.50. The van der Waals surface area contributed by atoms with Crippen LogP contribution >= 0.6 is 0 Å². The molecule has 3 aromatic carbocycles.